The fraction of sp³-hybridized carbons (Fsp3) is 0.214. The number of carboxylic acids is 1. The van der Waals surface area contributed by atoms with E-state index in [1.807, 2.05) is 23.4 Å². The van der Waals surface area contributed by atoms with Gasteiger partial charge in [-0.25, -0.2) is 4.79 Å². The highest BCUT2D eigenvalue weighted by Gasteiger charge is 2.16. The number of carboxylic acid groups (broad SMARTS) is 1. The zero-order valence-corrected chi connectivity index (χ0v) is 12.0. The van der Waals surface area contributed by atoms with Gasteiger partial charge in [-0.05, 0) is 30.0 Å². The molecule has 1 heterocycles. The first kappa shape index (κ1) is 13.9. The summed E-state index contributed by atoms with van der Waals surface area (Å²) < 4.78 is 0. The number of benzene rings is 1. The Morgan fingerprint density at radius 1 is 1.37 bits per heavy atom. The summed E-state index contributed by atoms with van der Waals surface area (Å²) in [6.07, 6.45) is 0.873. The maximum absolute atomic E-state index is 11.2. The summed E-state index contributed by atoms with van der Waals surface area (Å²) in [7, 11) is 1.86. The number of halogens is 1. The lowest BCUT2D eigenvalue weighted by atomic mass is 10.1. The summed E-state index contributed by atoms with van der Waals surface area (Å²) in [5.41, 5.74) is 0.814. The van der Waals surface area contributed by atoms with Gasteiger partial charge in [-0.2, -0.15) is 0 Å². The largest absolute Gasteiger partial charge is 0.478 e. The van der Waals surface area contributed by atoms with Crippen LogP contribution in [-0.4, -0.2) is 24.7 Å². The van der Waals surface area contributed by atoms with Crippen molar-refractivity contribution in [1.29, 1.82) is 0 Å². The van der Waals surface area contributed by atoms with Crippen LogP contribution in [0, 0.1) is 0 Å². The van der Waals surface area contributed by atoms with E-state index in [0.29, 0.717) is 10.7 Å². The van der Waals surface area contributed by atoms with Crippen LogP contribution < -0.4 is 4.90 Å². The first-order valence-corrected chi connectivity index (χ1v) is 7.10. The molecule has 0 bridgehead atoms. The Kier molecular flexibility index (Phi) is 4.45. The van der Waals surface area contributed by atoms with Crippen molar-refractivity contribution in [1.82, 2.24) is 0 Å². The second kappa shape index (κ2) is 6.08. The minimum Gasteiger partial charge on any atom is -0.478 e. The van der Waals surface area contributed by atoms with Crippen LogP contribution in [0.25, 0.3) is 0 Å². The summed E-state index contributed by atoms with van der Waals surface area (Å²) in [6, 6.07) is 9.03. The molecule has 0 atom stereocenters. The number of aromatic carboxylic acids is 1. The minimum absolute atomic E-state index is 0.237. The number of hydrogen-bond donors (Lipinski definition) is 1. The van der Waals surface area contributed by atoms with Crippen LogP contribution in [0.3, 0.4) is 0 Å². The van der Waals surface area contributed by atoms with Gasteiger partial charge in [-0.15, -0.1) is 11.3 Å². The van der Waals surface area contributed by atoms with Gasteiger partial charge < -0.3 is 10.0 Å². The molecule has 0 unspecified atom stereocenters. The van der Waals surface area contributed by atoms with Gasteiger partial charge in [0.1, 0.15) is 0 Å². The van der Waals surface area contributed by atoms with E-state index in [9.17, 15) is 9.90 Å². The van der Waals surface area contributed by atoms with Crippen LogP contribution >= 0.6 is 22.9 Å². The molecule has 100 valence electrons. The molecule has 1 aromatic carbocycles. The lowest BCUT2D eigenvalue weighted by Gasteiger charge is -2.22. The maximum Gasteiger partial charge on any atom is 0.337 e. The average Bonchev–Trinajstić information content (AvgIpc) is 2.88. The van der Waals surface area contributed by atoms with E-state index >= 15 is 0 Å². The van der Waals surface area contributed by atoms with Crippen molar-refractivity contribution in [2.45, 2.75) is 6.42 Å². The van der Waals surface area contributed by atoms with Crippen molar-refractivity contribution in [2.24, 2.45) is 0 Å². The number of rotatable bonds is 5. The van der Waals surface area contributed by atoms with Crippen molar-refractivity contribution in [2.75, 3.05) is 18.5 Å². The van der Waals surface area contributed by atoms with E-state index in [2.05, 4.69) is 6.07 Å². The smallest absolute Gasteiger partial charge is 0.337 e. The maximum atomic E-state index is 11.2. The Hall–Kier alpha value is -1.52. The molecular weight excluding hydrogens is 282 g/mol. The lowest BCUT2D eigenvalue weighted by Crippen LogP contribution is -2.22. The van der Waals surface area contributed by atoms with Crippen molar-refractivity contribution in [3.05, 3.63) is 51.2 Å². The van der Waals surface area contributed by atoms with Gasteiger partial charge in [-0.3, -0.25) is 0 Å². The van der Waals surface area contributed by atoms with Crippen LogP contribution in [0.2, 0.25) is 5.02 Å². The molecule has 0 saturated heterocycles. The third-order valence-corrected chi connectivity index (χ3v) is 4.11. The molecule has 0 radical (unpaired) electrons. The van der Waals surface area contributed by atoms with E-state index in [-0.39, 0.29) is 5.56 Å². The number of anilines is 1. The number of para-hydroxylation sites is 1. The number of likely N-dealkylation sites (N-methyl/N-ethyl adjacent to an activating group) is 1. The predicted molar refractivity (Wildman–Crippen MR) is 79.7 cm³/mol. The monoisotopic (exact) mass is 295 g/mol. The Balaban J connectivity index is 2.18. The quantitative estimate of drug-likeness (QED) is 0.912. The van der Waals surface area contributed by atoms with Crippen LogP contribution in [0.5, 0.6) is 0 Å². The van der Waals surface area contributed by atoms with Gasteiger partial charge in [0.2, 0.25) is 0 Å². The van der Waals surface area contributed by atoms with Crippen LogP contribution in [0.1, 0.15) is 15.2 Å². The number of hydrogen-bond acceptors (Lipinski definition) is 3. The Morgan fingerprint density at radius 3 is 2.79 bits per heavy atom. The van der Waals surface area contributed by atoms with Gasteiger partial charge in [0.25, 0.3) is 0 Å². The van der Waals surface area contributed by atoms with E-state index < -0.39 is 5.97 Å². The molecule has 0 fully saturated rings. The highest BCUT2D eigenvalue weighted by Crippen LogP contribution is 2.29. The zero-order chi connectivity index (χ0) is 13.8. The second-order valence-corrected chi connectivity index (χ2v) is 5.63. The van der Waals surface area contributed by atoms with E-state index in [1.165, 1.54) is 4.88 Å². The molecule has 5 heteroatoms. The number of nitrogens with zero attached hydrogens (tertiary/aromatic N) is 1. The summed E-state index contributed by atoms with van der Waals surface area (Å²) in [5, 5.41) is 11.7. The van der Waals surface area contributed by atoms with Crippen molar-refractivity contribution in [3.63, 3.8) is 0 Å². The first-order valence-electron chi connectivity index (χ1n) is 5.85. The molecule has 0 aliphatic rings. The van der Waals surface area contributed by atoms with Gasteiger partial charge in [0, 0.05) is 18.5 Å². The van der Waals surface area contributed by atoms with Crippen molar-refractivity contribution in [3.8, 4) is 0 Å². The van der Waals surface area contributed by atoms with Crippen LogP contribution in [-0.2, 0) is 6.42 Å². The van der Waals surface area contributed by atoms with E-state index in [1.54, 1.807) is 29.5 Å². The highest BCUT2D eigenvalue weighted by atomic mass is 35.5. The van der Waals surface area contributed by atoms with E-state index in [4.69, 9.17) is 11.6 Å². The fourth-order valence-corrected chi connectivity index (χ4v) is 2.94. The minimum atomic E-state index is -0.958. The molecule has 0 spiro atoms. The van der Waals surface area contributed by atoms with Crippen LogP contribution in [0.4, 0.5) is 5.69 Å². The highest BCUT2D eigenvalue weighted by molar-refractivity contribution is 7.09. The lowest BCUT2D eigenvalue weighted by molar-refractivity contribution is 0.0697. The van der Waals surface area contributed by atoms with Gasteiger partial charge in [0.05, 0.1) is 16.3 Å². The summed E-state index contributed by atoms with van der Waals surface area (Å²) in [4.78, 5) is 14.4. The molecule has 1 N–H and O–H groups in total. The topological polar surface area (TPSA) is 40.5 Å². The Morgan fingerprint density at radius 2 is 2.16 bits per heavy atom. The summed E-state index contributed by atoms with van der Waals surface area (Å²) in [5.74, 6) is -0.958. The van der Waals surface area contributed by atoms with Gasteiger partial charge >= 0.3 is 5.97 Å². The predicted octanol–water partition coefficient (Wildman–Crippen LogP) is 3.78. The molecule has 1 aromatic heterocycles. The molecule has 0 saturated carbocycles. The molecule has 19 heavy (non-hydrogen) atoms. The zero-order valence-electron chi connectivity index (χ0n) is 10.5. The normalized spacial score (nSPS) is 10.4. The number of carbonyl (C=O) groups is 1. The fourth-order valence-electron chi connectivity index (χ4n) is 1.92. The standard InChI is InChI=1S/C14H14ClNO2S/c1-16(8-7-10-4-3-9-19-10)13-11(14(17)18)5-2-6-12(13)15/h2-6,9H,7-8H2,1H3,(H,17,18). The van der Waals surface area contributed by atoms with E-state index in [0.717, 1.165) is 13.0 Å². The van der Waals surface area contributed by atoms with Crippen molar-refractivity contribution >= 4 is 34.6 Å². The van der Waals surface area contributed by atoms with Gasteiger partial charge in [0.15, 0.2) is 0 Å². The second-order valence-electron chi connectivity index (χ2n) is 4.19. The Labute approximate surface area is 121 Å². The molecule has 0 aliphatic heterocycles. The molecule has 0 amide bonds. The average molecular weight is 296 g/mol. The summed E-state index contributed by atoms with van der Waals surface area (Å²) in [6.45, 7) is 0.727. The summed E-state index contributed by atoms with van der Waals surface area (Å²) >= 11 is 7.83. The third kappa shape index (κ3) is 3.28. The number of thiophene rings is 1. The molecule has 2 aromatic rings. The Bertz CT molecular complexity index is 569. The van der Waals surface area contributed by atoms with Gasteiger partial charge in [-0.1, -0.05) is 23.7 Å². The SMILES string of the molecule is CN(CCc1cccs1)c1c(Cl)cccc1C(=O)O. The van der Waals surface area contributed by atoms with Crippen molar-refractivity contribution < 1.29 is 9.90 Å². The van der Waals surface area contributed by atoms with Crippen LogP contribution in [0.15, 0.2) is 35.7 Å². The molecule has 0 aliphatic carbocycles. The molecule has 3 nitrogen and oxygen atoms in total. The third-order valence-electron chi connectivity index (χ3n) is 2.87. The molecule has 2 rings (SSSR count). The molecular formula is C14H14ClNO2S. The first-order chi connectivity index (χ1) is 9.09.